The molecule has 19 heavy (non-hydrogen) atoms. The van der Waals surface area contributed by atoms with Gasteiger partial charge in [-0.1, -0.05) is 6.07 Å². The van der Waals surface area contributed by atoms with E-state index in [1.807, 2.05) is 6.07 Å². The molecule has 0 saturated carbocycles. The maximum absolute atomic E-state index is 11.3. The monoisotopic (exact) mass is 281 g/mol. The molecule has 1 aliphatic rings. The minimum atomic E-state index is -0.751. The van der Waals surface area contributed by atoms with Crippen LogP contribution in [-0.2, 0) is 17.2 Å². The Morgan fingerprint density at radius 3 is 3.00 bits per heavy atom. The van der Waals surface area contributed by atoms with Crippen molar-refractivity contribution in [3.05, 3.63) is 29.3 Å². The van der Waals surface area contributed by atoms with E-state index in [-0.39, 0.29) is 6.04 Å². The van der Waals surface area contributed by atoms with Gasteiger partial charge in [-0.15, -0.1) is 0 Å². The Morgan fingerprint density at radius 2 is 2.32 bits per heavy atom. The van der Waals surface area contributed by atoms with Gasteiger partial charge in [0.25, 0.3) is 0 Å². The molecule has 0 aliphatic heterocycles. The van der Waals surface area contributed by atoms with Gasteiger partial charge >= 0.3 is 0 Å². The van der Waals surface area contributed by atoms with Crippen molar-refractivity contribution in [3.63, 3.8) is 0 Å². The second kappa shape index (κ2) is 6.53. The van der Waals surface area contributed by atoms with Crippen LogP contribution in [0.1, 0.15) is 36.9 Å². The third-order valence-corrected chi connectivity index (χ3v) is 4.61. The number of hydrogen-bond acceptors (Lipinski definition) is 3. The van der Waals surface area contributed by atoms with Crippen LogP contribution < -0.4 is 10.1 Å². The highest BCUT2D eigenvalue weighted by Gasteiger charge is 2.22. The molecule has 1 N–H and O–H groups in total. The highest BCUT2D eigenvalue weighted by atomic mass is 32.2. The van der Waals surface area contributed by atoms with Crippen LogP contribution in [0.3, 0.4) is 0 Å². The lowest BCUT2D eigenvalue weighted by Gasteiger charge is -2.29. The first-order valence-electron chi connectivity index (χ1n) is 6.83. The molecule has 106 valence electrons. The quantitative estimate of drug-likeness (QED) is 0.901. The molecule has 1 aromatic carbocycles. The van der Waals surface area contributed by atoms with Gasteiger partial charge in [-0.05, 0) is 49.4 Å². The number of hydrogen-bond donors (Lipinski definition) is 1. The van der Waals surface area contributed by atoms with Crippen molar-refractivity contribution in [2.45, 2.75) is 38.3 Å². The van der Waals surface area contributed by atoms with Crippen LogP contribution >= 0.6 is 0 Å². The van der Waals surface area contributed by atoms with E-state index in [2.05, 4.69) is 24.4 Å². The standard InChI is InChI=1S/C15H23NO2S/c1-11(10-19(3)17)16-15-6-4-5-12-7-8-13(18-2)9-14(12)15/h7-9,11,15-16H,4-6,10H2,1-3H3. The second-order valence-corrected chi connectivity index (χ2v) is 6.80. The molecular weight excluding hydrogens is 258 g/mol. The molecule has 0 fully saturated rings. The molecule has 0 heterocycles. The largest absolute Gasteiger partial charge is 0.497 e. The van der Waals surface area contributed by atoms with Gasteiger partial charge in [-0.25, -0.2) is 0 Å². The average Bonchev–Trinajstić information content (AvgIpc) is 2.37. The first-order valence-corrected chi connectivity index (χ1v) is 8.55. The topological polar surface area (TPSA) is 38.3 Å². The van der Waals surface area contributed by atoms with Gasteiger partial charge in [0.2, 0.25) is 0 Å². The van der Waals surface area contributed by atoms with Crippen LogP contribution in [0.15, 0.2) is 18.2 Å². The van der Waals surface area contributed by atoms with Crippen molar-refractivity contribution < 1.29 is 8.95 Å². The van der Waals surface area contributed by atoms with E-state index >= 15 is 0 Å². The molecule has 4 heteroatoms. The normalized spacial score (nSPS) is 21.5. The molecular formula is C15H23NO2S. The van der Waals surface area contributed by atoms with Gasteiger partial charge in [0, 0.05) is 34.9 Å². The average molecular weight is 281 g/mol. The smallest absolute Gasteiger partial charge is 0.119 e. The first-order chi connectivity index (χ1) is 9.10. The number of methoxy groups -OCH3 is 1. The van der Waals surface area contributed by atoms with Crippen molar-refractivity contribution in [3.8, 4) is 5.75 Å². The lowest BCUT2D eigenvalue weighted by Crippen LogP contribution is -2.36. The number of aryl methyl sites for hydroxylation is 1. The predicted molar refractivity (Wildman–Crippen MR) is 80.2 cm³/mol. The van der Waals surface area contributed by atoms with E-state index in [4.69, 9.17) is 4.74 Å². The second-order valence-electron chi connectivity index (χ2n) is 5.32. The van der Waals surface area contributed by atoms with E-state index in [0.717, 1.165) is 18.6 Å². The third-order valence-electron chi connectivity index (χ3n) is 3.64. The number of ether oxygens (including phenoxy) is 1. The van der Waals surface area contributed by atoms with Gasteiger partial charge in [-0.2, -0.15) is 0 Å². The van der Waals surface area contributed by atoms with Crippen molar-refractivity contribution in [2.75, 3.05) is 19.1 Å². The summed E-state index contributed by atoms with van der Waals surface area (Å²) in [6.07, 6.45) is 5.25. The molecule has 1 aromatic rings. The predicted octanol–water partition coefficient (Wildman–Crippen LogP) is 2.43. The summed E-state index contributed by atoms with van der Waals surface area (Å²) in [5, 5.41) is 3.61. The molecule has 2 rings (SSSR count). The van der Waals surface area contributed by atoms with Gasteiger partial charge < -0.3 is 10.1 Å². The maximum Gasteiger partial charge on any atom is 0.119 e. The highest BCUT2D eigenvalue weighted by Crippen LogP contribution is 2.32. The molecule has 3 unspecified atom stereocenters. The Morgan fingerprint density at radius 1 is 1.53 bits per heavy atom. The molecule has 0 amide bonds. The zero-order chi connectivity index (χ0) is 13.8. The maximum atomic E-state index is 11.3. The fourth-order valence-corrected chi connectivity index (χ4v) is 3.62. The molecule has 3 atom stereocenters. The van der Waals surface area contributed by atoms with E-state index in [1.165, 1.54) is 17.5 Å². The summed E-state index contributed by atoms with van der Waals surface area (Å²) in [4.78, 5) is 0. The van der Waals surface area contributed by atoms with Crippen LogP contribution in [-0.4, -0.2) is 29.4 Å². The lowest BCUT2D eigenvalue weighted by molar-refractivity contribution is 0.402. The van der Waals surface area contributed by atoms with Gasteiger partial charge in [0.1, 0.15) is 5.75 Å². The van der Waals surface area contributed by atoms with Crippen molar-refractivity contribution in [1.82, 2.24) is 5.32 Å². The Balaban J connectivity index is 2.14. The van der Waals surface area contributed by atoms with E-state index < -0.39 is 10.8 Å². The van der Waals surface area contributed by atoms with Crippen LogP contribution in [0.25, 0.3) is 0 Å². The molecule has 0 spiro atoms. The number of fused-ring (bicyclic) bond motifs is 1. The summed E-state index contributed by atoms with van der Waals surface area (Å²) >= 11 is 0. The highest BCUT2D eigenvalue weighted by molar-refractivity contribution is 7.84. The minimum Gasteiger partial charge on any atom is -0.497 e. The fraction of sp³-hybridized carbons (Fsp3) is 0.600. The number of rotatable bonds is 5. The summed E-state index contributed by atoms with van der Waals surface area (Å²) in [5.41, 5.74) is 2.76. The minimum absolute atomic E-state index is 0.271. The zero-order valence-electron chi connectivity index (χ0n) is 11.9. The summed E-state index contributed by atoms with van der Waals surface area (Å²) < 4.78 is 16.6. The molecule has 3 nitrogen and oxygen atoms in total. The first kappa shape index (κ1) is 14.5. The number of benzene rings is 1. The Hall–Kier alpha value is -0.870. The molecule has 0 bridgehead atoms. The Kier molecular flexibility index (Phi) is 4.99. The molecule has 0 aromatic heterocycles. The van der Waals surface area contributed by atoms with Crippen LogP contribution in [0.2, 0.25) is 0 Å². The van der Waals surface area contributed by atoms with Crippen molar-refractivity contribution >= 4 is 10.8 Å². The van der Waals surface area contributed by atoms with Gasteiger partial charge in [0.05, 0.1) is 7.11 Å². The number of nitrogens with one attached hydrogen (secondary N) is 1. The molecule has 0 radical (unpaired) electrons. The Bertz CT molecular complexity index is 461. The van der Waals surface area contributed by atoms with E-state index in [9.17, 15) is 4.21 Å². The zero-order valence-corrected chi connectivity index (χ0v) is 12.8. The third kappa shape index (κ3) is 3.80. The summed E-state index contributed by atoms with van der Waals surface area (Å²) in [5.74, 6) is 1.62. The fourth-order valence-electron chi connectivity index (χ4n) is 2.82. The molecule has 1 aliphatic carbocycles. The molecule has 0 saturated heterocycles. The lowest BCUT2D eigenvalue weighted by atomic mass is 9.87. The van der Waals surface area contributed by atoms with Crippen LogP contribution in [0, 0.1) is 0 Å². The van der Waals surface area contributed by atoms with Crippen molar-refractivity contribution in [2.24, 2.45) is 0 Å². The van der Waals surface area contributed by atoms with Crippen LogP contribution in [0.4, 0.5) is 0 Å². The Labute approximate surface area is 118 Å². The summed E-state index contributed by atoms with van der Waals surface area (Å²) in [7, 11) is 0.953. The van der Waals surface area contributed by atoms with Crippen molar-refractivity contribution in [1.29, 1.82) is 0 Å². The summed E-state index contributed by atoms with van der Waals surface area (Å²) in [6.45, 7) is 2.11. The summed E-state index contributed by atoms with van der Waals surface area (Å²) in [6, 6.07) is 6.98. The van der Waals surface area contributed by atoms with Gasteiger partial charge in [-0.3, -0.25) is 4.21 Å². The SMILES string of the molecule is COc1ccc2c(c1)C(NC(C)CS(C)=O)CCC2. The van der Waals surface area contributed by atoms with Gasteiger partial charge in [0.15, 0.2) is 0 Å². The van der Waals surface area contributed by atoms with E-state index in [1.54, 1.807) is 13.4 Å². The van der Waals surface area contributed by atoms with Crippen LogP contribution in [0.5, 0.6) is 5.75 Å². The van der Waals surface area contributed by atoms with E-state index in [0.29, 0.717) is 11.8 Å².